The number of nitrogens with one attached hydrogen (secondary N) is 1. The molecule has 4 nitrogen and oxygen atoms in total. The standard InChI is InChI=1S/C17H16N2O2S/c18-10-15(13-6-8-22-11-13)19-17(20)9-12-5-7-21-16-4-2-1-3-14(12)16/h1-4,6,8,11-12,15H,5,7,9H2,(H,19,20)/t12-,15+/m1/s1. The summed E-state index contributed by atoms with van der Waals surface area (Å²) < 4.78 is 5.61. The molecule has 112 valence electrons. The lowest BCUT2D eigenvalue weighted by Crippen LogP contribution is -2.29. The number of ether oxygens (including phenoxy) is 1. The summed E-state index contributed by atoms with van der Waals surface area (Å²) in [5, 5.41) is 15.8. The van der Waals surface area contributed by atoms with Gasteiger partial charge in [-0.3, -0.25) is 4.79 Å². The van der Waals surface area contributed by atoms with Gasteiger partial charge in [0.05, 0.1) is 12.7 Å². The monoisotopic (exact) mass is 312 g/mol. The van der Waals surface area contributed by atoms with Crippen molar-refractivity contribution in [3.63, 3.8) is 0 Å². The lowest BCUT2D eigenvalue weighted by atomic mass is 9.90. The van der Waals surface area contributed by atoms with E-state index >= 15 is 0 Å². The molecule has 0 spiro atoms. The minimum Gasteiger partial charge on any atom is -0.493 e. The normalized spacial score (nSPS) is 17.7. The first-order chi connectivity index (χ1) is 10.8. The fourth-order valence-corrected chi connectivity index (χ4v) is 3.39. The maximum absolute atomic E-state index is 12.3. The Hall–Kier alpha value is -2.32. The van der Waals surface area contributed by atoms with E-state index in [0.29, 0.717) is 13.0 Å². The van der Waals surface area contributed by atoms with Gasteiger partial charge < -0.3 is 10.1 Å². The molecule has 22 heavy (non-hydrogen) atoms. The number of amides is 1. The van der Waals surface area contributed by atoms with Gasteiger partial charge in [0, 0.05) is 6.42 Å². The van der Waals surface area contributed by atoms with Crippen LogP contribution in [0.15, 0.2) is 41.1 Å². The zero-order valence-electron chi connectivity index (χ0n) is 12.0. The van der Waals surface area contributed by atoms with Gasteiger partial charge in [0.15, 0.2) is 0 Å². The molecule has 2 aromatic rings. The molecule has 0 saturated heterocycles. The van der Waals surface area contributed by atoms with Crippen LogP contribution in [0, 0.1) is 11.3 Å². The molecular formula is C17H16N2O2S. The van der Waals surface area contributed by atoms with Crippen molar-refractivity contribution in [3.05, 3.63) is 52.2 Å². The molecule has 1 aliphatic heterocycles. The fourth-order valence-electron chi connectivity index (χ4n) is 2.70. The zero-order valence-corrected chi connectivity index (χ0v) is 12.8. The summed E-state index contributed by atoms with van der Waals surface area (Å²) in [5.74, 6) is 0.910. The van der Waals surface area contributed by atoms with Gasteiger partial charge >= 0.3 is 0 Å². The summed E-state index contributed by atoms with van der Waals surface area (Å²) in [6.07, 6.45) is 1.20. The molecule has 2 atom stereocenters. The third kappa shape index (κ3) is 3.12. The van der Waals surface area contributed by atoms with Crippen LogP contribution < -0.4 is 10.1 Å². The Morgan fingerprint density at radius 2 is 2.32 bits per heavy atom. The number of hydrogen-bond acceptors (Lipinski definition) is 4. The van der Waals surface area contributed by atoms with E-state index in [-0.39, 0.29) is 11.8 Å². The van der Waals surface area contributed by atoms with Gasteiger partial charge in [-0.25, -0.2) is 0 Å². The predicted molar refractivity (Wildman–Crippen MR) is 84.7 cm³/mol. The molecule has 3 rings (SSSR count). The average molecular weight is 312 g/mol. The second-order valence-corrected chi connectivity index (χ2v) is 6.04. The van der Waals surface area contributed by atoms with Gasteiger partial charge in [-0.2, -0.15) is 16.6 Å². The van der Waals surface area contributed by atoms with Crippen molar-refractivity contribution in [2.45, 2.75) is 24.8 Å². The van der Waals surface area contributed by atoms with E-state index in [4.69, 9.17) is 4.74 Å². The van der Waals surface area contributed by atoms with Gasteiger partial charge in [-0.1, -0.05) is 18.2 Å². The summed E-state index contributed by atoms with van der Waals surface area (Å²) in [4.78, 5) is 12.3. The number of carbonyl (C=O) groups is 1. The first kappa shape index (κ1) is 14.6. The van der Waals surface area contributed by atoms with E-state index in [9.17, 15) is 10.1 Å². The Kier molecular flexibility index (Phi) is 4.40. The quantitative estimate of drug-likeness (QED) is 0.941. The van der Waals surface area contributed by atoms with Crippen LogP contribution in [0.4, 0.5) is 0 Å². The van der Waals surface area contributed by atoms with Crippen LogP contribution in [-0.4, -0.2) is 12.5 Å². The number of benzene rings is 1. The third-order valence-electron chi connectivity index (χ3n) is 3.83. The summed E-state index contributed by atoms with van der Waals surface area (Å²) >= 11 is 1.52. The van der Waals surface area contributed by atoms with Crippen molar-refractivity contribution >= 4 is 17.2 Å². The van der Waals surface area contributed by atoms with Crippen molar-refractivity contribution < 1.29 is 9.53 Å². The highest BCUT2D eigenvalue weighted by Gasteiger charge is 2.24. The third-order valence-corrected chi connectivity index (χ3v) is 4.53. The van der Waals surface area contributed by atoms with Gasteiger partial charge in [0.1, 0.15) is 11.8 Å². The van der Waals surface area contributed by atoms with Crippen molar-refractivity contribution in [1.29, 1.82) is 5.26 Å². The minimum absolute atomic E-state index is 0.0977. The molecule has 0 saturated carbocycles. The van der Waals surface area contributed by atoms with Crippen LogP contribution in [0.25, 0.3) is 0 Å². The molecule has 1 N–H and O–H groups in total. The first-order valence-electron chi connectivity index (χ1n) is 7.20. The number of thiophene rings is 1. The fraction of sp³-hybridized carbons (Fsp3) is 0.294. The predicted octanol–water partition coefficient (Wildman–Crippen LogP) is 3.39. The molecule has 1 amide bonds. The van der Waals surface area contributed by atoms with Gasteiger partial charge in [-0.15, -0.1) is 0 Å². The molecule has 0 radical (unpaired) electrons. The summed E-state index contributed by atoms with van der Waals surface area (Å²) in [6, 6.07) is 11.3. The van der Waals surface area contributed by atoms with E-state index in [1.807, 2.05) is 41.1 Å². The largest absolute Gasteiger partial charge is 0.493 e. The van der Waals surface area contributed by atoms with Crippen molar-refractivity contribution in [3.8, 4) is 11.8 Å². The average Bonchev–Trinajstić information content (AvgIpc) is 3.07. The Labute approximate surface area is 133 Å². The molecule has 0 bridgehead atoms. The molecule has 2 heterocycles. The van der Waals surface area contributed by atoms with E-state index in [1.54, 1.807) is 0 Å². The van der Waals surface area contributed by atoms with Crippen LogP contribution in [0.1, 0.15) is 35.9 Å². The minimum atomic E-state index is -0.575. The Bertz CT molecular complexity index is 691. The molecule has 1 aliphatic rings. The van der Waals surface area contributed by atoms with Crippen LogP contribution >= 0.6 is 11.3 Å². The molecule has 0 aliphatic carbocycles. The molecule has 0 fully saturated rings. The number of carbonyl (C=O) groups excluding carboxylic acids is 1. The molecule has 5 heteroatoms. The second-order valence-electron chi connectivity index (χ2n) is 5.26. The smallest absolute Gasteiger partial charge is 0.221 e. The van der Waals surface area contributed by atoms with Crippen LogP contribution in [0.5, 0.6) is 5.75 Å². The molecule has 1 aromatic carbocycles. The molecule has 0 unspecified atom stereocenters. The number of hydrogen-bond donors (Lipinski definition) is 1. The first-order valence-corrected chi connectivity index (χ1v) is 8.15. The highest BCUT2D eigenvalue weighted by Crippen LogP contribution is 2.35. The lowest BCUT2D eigenvalue weighted by molar-refractivity contribution is -0.122. The number of fused-ring (bicyclic) bond motifs is 1. The molecule has 1 aromatic heterocycles. The number of rotatable bonds is 4. The van der Waals surface area contributed by atoms with Gasteiger partial charge in [0.2, 0.25) is 5.91 Å². The van der Waals surface area contributed by atoms with E-state index < -0.39 is 6.04 Å². The maximum Gasteiger partial charge on any atom is 0.221 e. The van der Waals surface area contributed by atoms with Crippen LogP contribution in [0.2, 0.25) is 0 Å². The van der Waals surface area contributed by atoms with Crippen LogP contribution in [0.3, 0.4) is 0 Å². The number of nitrogens with zero attached hydrogens (tertiary/aromatic N) is 1. The summed E-state index contributed by atoms with van der Waals surface area (Å²) in [6.45, 7) is 0.626. The Balaban J connectivity index is 1.67. The highest BCUT2D eigenvalue weighted by molar-refractivity contribution is 7.08. The Morgan fingerprint density at radius 1 is 1.45 bits per heavy atom. The van der Waals surface area contributed by atoms with E-state index in [0.717, 1.165) is 23.3 Å². The summed E-state index contributed by atoms with van der Waals surface area (Å²) in [7, 11) is 0. The molecular weight excluding hydrogens is 296 g/mol. The van der Waals surface area contributed by atoms with Gasteiger partial charge in [-0.05, 0) is 46.4 Å². The van der Waals surface area contributed by atoms with Crippen molar-refractivity contribution in [1.82, 2.24) is 5.32 Å². The number of nitriles is 1. The van der Waals surface area contributed by atoms with E-state index in [2.05, 4.69) is 11.4 Å². The summed E-state index contributed by atoms with van der Waals surface area (Å²) in [5.41, 5.74) is 1.92. The van der Waals surface area contributed by atoms with Crippen LogP contribution in [-0.2, 0) is 4.79 Å². The number of para-hydroxylation sites is 1. The lowest BCUT2D eigenvalue weighted by Gasteiger charge is -2.25. The van der Waals surface area contributed by atoms with Gasteiger partial charge in [0.25, 0.3) is 0 Å². The van der Waals surface area contributed by atoms with Crippen molar-refractivity contribution in [2.75, 3.05) is 6.61 Å². The topological polar surface area (TPSA) is 62.1 Å². The van der Waals surface area contributed by atoms with Crippen molar-refractivity contribution in [2.24, 2.45) is 0 Å². The van der Waals surface area contributed by atoms with E-state index in [1.165, 1.54) is 11.3 Å². The highest BCUT2D eigenvalue weighted by atomic mass is 32.1. The maximum atomic E-state index is 12.3. The SMILES string of the molecule is N#C[C@H](NC(=O)C[C@H]1CCOc2ccccc21)c1ccsc1. The zero-order chi connectivity index (χ0) is 15.4. The Morgan fingerprint density at radius 3 is 3.09 bits per heavy atom. The second kappa shape index (κ2) is 6.63.